The molecule has 3 N–H and O–H groups in total. The van der Waals surface area contributed by atoms with Gasteiger partial charge < -0.3 is 15.5 Å². The summed E-state index contributed by atoms with van der Waals surface area (Å²) < 4.78 is 6.43. The number of hydrogen-bond acceptors (Lipinski definition) is 4. The van der Waals surface area contributed by atoms with Crippen LogP contribution >= 0.6 is 0 Å². The number of carbonyl (C=O) groups is 2. The molecule has 2 rings (SSSR count). The van der Waals surface area contributed by atoms with E-state index in [9.17, 15) is 9.59 Å². The van der Waals surface area contributed by atoms with Gasteiger partial charge in [-0.25, -0.2) is 0 Å². The Balaban J connectivity index is 2.34. The number of furan rings is 1. The van der Waals surface area contributed by atoms with E-state index in [2.05, 4.69) is 10.4 Å². The lowest BCUT2D eigenvalue weighted by molar-refractivity contribution is 0.0995. The van der Waals surface area contributed by atoms with Crippen molar-refractivity contribution >= 4 is 17.5 Å². The molecular formula is C11H12N4O3. The standard InChI is InChI=1S/C11H12N4O3/c1-6-8(9(10(12)16)14-15(6)2)13-11(17)7-4-3-5-18-7/h3-5H,1-2H3,(H2,12,16)(H,13,17). The zero-order chi connectivity index (χ0) is 13.3. The minimum atomic E-state index is -0.701. The second-order valence-corrected chi connectivity index (χ2v) is 3.73. The lowest BCUT2D eigenvalue weighted by atomic mass is 10.2. The van der Waals surface area contributed by atoms with Gasteiger partial charge in [-0.05, 0) is 19.1 Å². The molecule has 0 aromatic carbocycles. The Morgan fingerprint density at radius 2 is 2.22 bits per heavy atom. The number of carbonyl (C=O) groups excluding carboxylic acids is 2. The van der Waals surface area contributed by atoms with Crippen molar-refractivity contribution in [3.8, 4) is 0 Å². The first-order chi connectivity index (χ1) is 8.50. The van der Waals surface area contributed by atoms with E-state index in [-0.39, 0.29) is 11.5 Å². The molecule has 0 aliphatic rings. The van der Waals surface area contributed by atoms with E-state index >= 15 is 0 Å². The number of anilines is 1. The largest absolute Gasteiger partial charge is 0.459 e. The number of amides is 2. The average Bonchev–Trinajstić information content (AvgIpc) is 2.92. The molecule has 0 spiro atoms. The molecule has 0 saturated heterocycles. The molecule has 0 atom stereocenters. The summed E-state index contributed by atoms with van der Waals surface area (Å²) in [7, 11) is 1.66. The van der Waals surface area contributed by atoms with Crippen molar-refractivity contribution in [1.82, 2.24) is 9.78 Å². The number of aryl methyl sites for hydroxylation is 1. The van der Waals surface area contributed by atoms with Crippen LogP contribution in [0.4, 0.5) is 5.69 Å². The first-order valence-electron chi connectivity index (χ1n) is 5.19. The Hall–Kier alpha value is -2.57. The van der Waals surface area contributed by atoms with Crippen molar-refractivity contribution in [2.24, 2.45) is 12.8 Å². The molecule has 0 aliphatic carbocycles. The number of nitrogens with zero attached hydrogens (tertiary/aromatic N) is 2. The number of rotatable bonds is 3. The van der Waals surface area contributed by atoms with Crippen LogP contribution in [0.15, 0.2) is 22.8 Å². The fourth-order valence-corrected chi connectivity index (χ4v) is 1.51. The maximum atomic E-state index is 11.8. The predicted molar refractivity (Wildman–Crippen MR) is 63.1 cm³/mol. The minimum Gasteiger partial charge on any atom is -0.459 e. The van der Waals surface area contributed by atoms with Crippen LogP contribution in [0.5, 0.6) is 0 Å². The van der Waals surface area contributed by atoms with E-state index in [0.717, 1.165) is 0 Å². The Morgan fingerprint density at radius 3 is 2.78 bits per heavy atom. The molecule has 2 heterocycles. The predicted octanol–water partition coefficient (Wildman–Crippen LogP) is 0.673. The summed E-state index contributed by atoms with van der Waals surface area (Å²) in [6.07, 6.45) is 1.39. The molecule has 0 bridgehead atoms. The summed E-state index contributed by atoms with van der Waals surface area (Å²) in [5.74, 6) is -1.01. The third kappa shape index (κ3) is 1.97. The average molecular weight is 248 g/mol. The zero-order valence-corrected chi connectivity index (χ0v) is 9.93. The number of primary amides is 1. The van der Waals surface area contributed by atoms with Crippen LogP contribution in [0, 0.1) is 6.92 Å². The molecule has 7 nitrogen and oxygen atoms in total. The van der Waals surface area contributed by atoms with Gasteiger partial charge in [-0.1, -0.05) is 0 Å². The van der Waals surface area contributed by atoms with Crippen molar-refractivity contribution in [3.63, 3.8) is 0 Å². The Kier molecular flexibility index (Phi) is 2.88. The molecule has 7 heteroatoms. The van der Waals surface area contributed by atoms with Gasteiger partial charge in [0.2, 0.25) is 0 Å². The van der Waals surface area contributed by atoms with Crippen molar-refractivity contribution in [3.05, 3.63) is 35.5 Å². The van der Waals surface area contributed by atoms with Gasteiger partial charge in [0.05, 0.1) is 17.6 Å². The highest BCUT2D eigenvalue weighted by molar-refractivity contribution is 6.07. The molecule has 94 valence electrons. The van der Waals surface area contributed by atoms with Gasteiger partial charge >= 0.3 is 0 Å². The van der Waals surface area contributed by atoms with E-state index in [1.165, 1.54) is 17.0 Å². The van der Waals surface area contributed by atoms with Gasteiger partial charge in [0, 0.05) is 7.05 Å². The molecule has 0 saturated carbocycles. The van der Waals surface area contributed by atoms with E-state index in [4.69, 9.17) is 10.2 Å². The summed E-state index contributed by atoms with van der Waals surface area (Å²) in [6.45, 7) is 1.72. The molecule has 2 amide bonds. The summed E-state index contributed by atoms with van der Waals surface area (Å²) in [5, 5.41) is 6.51. The zero-order valence-electron chi connectivity index (χ0n) is 9.93. The van der Waals surface area contributed by atoms with Crippen molar-refractivity contribution in [1.29, 1.82) is 0 Å². The van der Waals surface area contributed by atoms with Gasteiger partial charge in [0.15, 0.2) is 11.5 Å². The normalized spacial score (nSPS) is 10.3. The molecule has 0 unspecified atom stereocenters. The molecule has 2 aromatic heterocycles. The molecule has 2 aromatic rings. The summed E-state index contributed by atoms with van der Waals surface area (Å²) in [6, 6.07) is 3.12. The Morgan fingerprint density at radius 1 is 1.50 bits per heavy atom. The quantitative estimate of drug-likeness (QED) is 0.833. The number of hydrogen-bond donors (Lipinski definition) is 2. The second-order valence-electron chi connectivity index (χ2n) is 3.73. The van der Waals surface area contributed by atoms with Crippen molar-refractivity contribution in [2.45, 2.75) is 6.92 Å². The first kappa shape index (κ1) is 11.9. The minimum absolute atomic E-state index is 0.0231. The third-order valence-electron chi connectivity index (χ3n) is 2.55. The van der Waals surface area contributed by atoms with Gasteiger partial charge in [-0.15, -0.1) is 0 Å². The van der Waals surface area contributed by atoms with Crippen LogP contribution in [0.1, 0.15) is 26.7 Å². The highest BCUT2D eigenvalue weighted by Crippen LogP contribution is 2.20. The van der Waals surface area contributed by atoms with Crippen LogP contribution in [0.3, 0.4) is 0 Å². The van der Waals surface area contributed by atoms with Crippen LogP contribution < -0.4 is 11.1 Å². The third-order valence-corrected chi connectivity index (χ3v) is 2.55. The van der Waals surface area contributed by atoms with Crippen LogP contribution in [-0.2, 0) is 7.05 Å². The highest BCUT2D eigenvalue weighted by Gasteiger charge is 2.20. The fraction of sp³-hybridized carbons (Fsp3) is 0.182. The fourth-order valence-electron chi connectivity index (χ4n) is 1.51. The molecule has 0 fully saturated rings. The lowest BCUT2D eigenvalue weighted by Crippen LogP contribution is -2.18. The SMILES string of the molecule is Cc1c(NC(=O)c2ccco2)c(C(N)=O)nn1C. The maximum Gasteiger partial charge on any atom is 0.291 e. The van der Waals surface area contributed by atoms with E-state index in [1.54, 1.807) is 20.0 Å². The summed E-state index contributed by atoms with van der Waals surface area (Å²) in [5.41, 5.74) is 6.15. The van der Waals surface area contributed by atoms with Gasteiger partial charge in [-0.2, -0.15) is 5.10 Å². The molecule has 18 heavy (non-hydrogen) atoms. The second kappa shape index (κ2) is 4.36. The van der Waals surface area contributed by atoms with E-state index in [0.29, 0.717) is 11.4 Å². The van der Waals surface area contributed by atoms with Crippen LogP contribution in [0.25, 0.3) is 0 Å². The summed E-state index contributed by atoms with van der Waals surface area (Å²) >= 11 is 0. The molecule has 0 aliphatic heterocycles. The smallest absolute Gasteiger partial charge is 0.291 e. The van der Waals surface area contributed by atoms with Gasteiger partial charge in [0.25, 0.3) is 11.8 Å². The summed E-state index contributed by atoms with van der Waals surface area (Å²) in [4.78, 5) is 23.0. The molecular weight excluding hydrogens is 236 g/mol. The van der Waals surface area contributed by atoms with Gasteiger partial charge in [0.1, 0.15) is 0 Å². The van der Waals surface area contributed by atoms with E-state index < -0.39 is 11.8 Å². The van der Waals surface area contributed by atoms with Crippen molar-refractivity contribution < 1.29 is 14.0 Å². The van der Waals surface area contributed by atoms with E-state index in [1.807, 2.05) is 0 Å². The van der Waals surface area contributed by atoms with Crippen molar-refractivity contribution in [2.75, 3.05) is 5.32 Å². The van der Waals surface area contributed by atoms with Gasteiger partial charge in [-0.3, -0.25) is 14.3 Å². The Labute approximate surface area is 103 Å². The van der Waals surface area contributed by atoms with Crippen LogP contribution in [-0.4, -0.2) is 21.6 Å². The lowest BCUT2D eigenvalue weighted by Gasteiger charge is -2.03. The van der Waals surface area contributed by atoms with Crippen LogP contribution in [0.2, 0.25) is 0 Å². The first-order valence-corrected chi connectivity index (χ1v) is 5.19. The monoisotopic (exact) mass is 248 g/mol. The number of aromatic nitrogens is 2. The Bertz CT molecular complexity index is 598. The maximum absolute atomic E-state index is 11.8. The topological polar surface area (TPSA) is 103 Å². The number of nitrogens with two attached hydrogens (primary N) is 1. The number of nitrogens with one attached hydrogen (secondary N) is 1. The highest BCUT2D eigenvalue weighted by atomic mass is 16.3. The molecule has 0 radical (unpaired) electrons.